The van der Waals surface area contributed by atoms with Gasteiger partial charge in [0.1, 0.15) is 5.78 Å². The highest BCUT2D eigenvalue weighted by molar-refractivity contribution is 7.90. The minimum atomic E-state index is -3.67. The number of nitrogens with one attached hydrogen (secondary N) is 1. The molecule has 20 heavy (non-hydrogen) atoms. The van der Waals surface area contributed by atoms with Crippen LogP contribution < -0.4 is 4.72 Å². The van der Waals surface area contributed by atoms with E-state index in [0.29, 0.717) is 19.3 Å². The molecule has 3 fully saturated rings. The van der Waals surface area contributed by atoms with E-state index in [1.54, 1.807) is 0 Å². The Morgan fingerprint density at radius 2 is 1.85 bits per heavy atom. The van der Waals surface area contributed by atoms with Crippen molar-refractivity contribution in [2.75, 3.05) is 0 Å². The molecule has 2 saturated heterocycles. The first kappa shape index (κ1) is 14.0. The standard InChI is InChI=1S/C13H19NO5S/c15-8-1-4-10(5-2-8)20(17,18)14-13(16)11-7-9-3-6-12(11)19-9/h9-12H,1-7H2,(H,14,16)/t9-,11-,12+/m1/s1. The molecule has 112 valence electrons. The molecule has 0 radical (unpaired) electrons. The van der Waals surface area contributed by atoms with Gasteiger partial charge >= 0.3 is 0 Å². The first-order valence-electron chi connectivity index (χ1n) is 7.18. The summed E-state index contributed by atoms with van der Waals surface area (Å²) in [6, 6.07) is 0. The van der Waals surface area contributed by atoms with Crippen LogP contribution in [-0.4, -0.2) is 37.6 Å². The molecule has 0 unspecified atom stereocenters. The lowest BCUT2D eigenvalue weighted by atomic mass is 9.89. The van der Waals surface area contributed by atoms with Gasteiger partial charge in [-0.25, -0.2) is 8.42 Å². The second kappa shape index (κ2) is 5.11. The van der Waals surface area contributed by atoms with Gasteiger partial charge in [-0.05, 0) is 32.1 Å². The van der Waals surface area contributed by atoms with E-state index in [0.717, 1.165) is 12.8 Å². The number of rotatable bonds is 3. The molecule has 2 aliphatic heterocycles. The zero-order valence-corrected chi connectivity index (χ0v) is 12.0. The van der Waals surface area contributed by atoms with Crippen molar-refractivity contribution in [3.63, 3.8) is 0 Å². The van der Waals surface area contributed by atoms with Gasteiger partial charge in [0.15, 0.2) is 0 Å². The molecule has 0 aromatic carbocycles. The minimum Gasteiger partial charge on any atom is -0.374 e. The number of ether oxygens (including phenoxy) is 1. The molecule has 0 aromatic rings. The van der Waals surface area contributed by atoms with Crippen molar-refractivity contribution in [1.29, 1.82) is 0 Å². The van der Waals surface area contributed by atoms with Crippen molar-refractivity contribution >= 4 is 21.7 Å². The van der Waals surface area contributed by atoms with E-state index in [4.69, 9.17) is 4.74 Å². The van der Waals surface area contributed by atoms with Gasteiger partial charge < -0.3 is 4.74 Å². The van der Waals surface area contributed by atoms with Crippen LogP contribution in [0.4, 0.5) is 0 Å². The molecule has 1 amide bonds. The summed E-state index contributed by atoms with van der Waals surface area (Å²) >= 11 is 0. The summed E-state index contributed by atoms with van der Waals surface area (Å²) in [4.78, 5) is 23.3. The topological polar surface area (TPSA) is 89.5 Å². The second-order valence-electron chi connectivity index (χ2n) is 5.97. The van der Waals surface area contributed by atoms with Gasteiger partial charge in [0, 0.05) is 12.8 Å². The van der Waals surface area contributed by atoms with Crippen LogP contribution >= 0.6 is 0 Å². The number of sulfonamides is 1. The van der Waals surface area contributed by atoms with Crippen LogP contribution in [0.15, 0.2) is 0 Å². The summed E-state index contributed by atoms with van der Waals surface area (Å²) in [6.07, 6.45) is 3.62. The predicted molar refractivity (Wildman–Crippen MR) is 70.3 cm³/mol. The molecule has 2 bridgehead atoms. The lowest BCUT2D eigenvalue weighted by Gasteiger charge is -2.23. The number of carbonyl (C=O) groups excluding carboxylic acids is 2. The van der Waals surface area contributed by atoms with Crippen molar-refractivity contribution in [2.24, 2.45) is 5.92 Å². The number of amides is 1. The van der Waals surface area contributed by atoms with Crippen molar-refractivity contribution in [1.82, 2.24) is 4.72 Å². The average Bonchev–Trinajstić information content (AvgIpc) is 3.01. The quantitative estimate of drug-likeness (QED) is 0.820. The number of Topliss-reactive ketones (excluding diaryl/α,β-unsaturated/α-hetero) is 1. The van der Waals surface area contributed by atoms with Gasteiger partial charge in [-0.3, -0.25) is 14.3 Å². The van der Waals surface area contributed by atoms with Crippen molar-refractivity contribution in [2.45, 2.75) is 62.4 Å². The van der Waals surface area contributed by atoms with Gasteiger partial charge in [-0.15, -0.1) is 0 Å². The van der Waals surface area contributed by atoms with Gasteiger partial charge in [0.2, 0.25) is 15.9 Å². The third-order valence-electron chi connectivity index (χ3n) is 4.61. The predicted octanol–water partition coefficient (Wildman–Crippen LogP) is 0.512. The molecule has 3 rings (SSSR count). The molecule has 1 saturated carbocycles. The van der Waals surface area contributed by atoms with Crippen LogP contribution in [0.25, 0.3) is 0 Å². The lowest BCUT2D eigenvalue weighted by Crippen LogP contribution is -2.44. The molecule has 6 nitrogen and oxygen atoms in total. The van der Waals surface area contributed by atoms with Gasteiger partial charge in [-0.1, -0.05) is 0 Å². The van der Waals surface area contributed by atoms with Crippen LogP contribution in [0.2, 0.25) is 0 Å². The van der Waals surface area contributed by atoms with E-state index in [2.05, 4.69) is 4.72 Å². The SMILES string of the molecule is O=C1CCC(S(=O)(=O)NC(=O)[C@@H]2C[C@H]3CC[C@@H]2O3)CC1. The highest BCUT2D eigenvalue weighted by atomic mass is 32.2. The Kier molecular flexibility index (Phi) is 3.58. The fraction of sp³-hybridized carbons (Fsp3) is 0.846. The first-order chi connectivity index (χ1) is 9.45. The summed E-state index contributed by atoms with van der Waals surface area (Å²) < 4.78 is 32.2. The Balaban J connectivity index is 1.61. The van der Waals surface area contributed by atoms with Gasteiger partial charge in [-0.2, -0.15) is 0 Å². The molecule has 3 aliphatic rings. The molecule has 0 spiro atoms. The number of ketones is 1. The zero-order valence-electron chi connectivity index (χ0n) is 11.2. The molecule has 1 aliphatic carbocycles. The number of hydrogen-bond acceptors (Lipinski definition) is 5. The Morgan fingerprint density at radius 1 is 1.15 bits per heavy atom. The summed E-state index contributed by atoms with van der Waals surface area (Å²) in [5.74, 6) is -0.674. The number of hydrogen-bond donors (Lipinski definition) is 1. The smallest absolute Gasteiger partial charge is 0.239 e. The van der Waals surface area contributed by atoms with E-state index in [1.165, 1.54) is 0 Å². The average molecular weight is 301 g/mol. The van der Waals surface area contributed by atoms with Crippen LogP contribution in [0.5, 0.6) is 0 Å². The van der Waals surface area contributed by atoms with Crippen molar-refractivity contribution < 1.29 is 22.7 Å². The lowest BCUT2D eigenvalue weighted by molar-refractivity contribution is -0.124. The molecule has 3 atom stereocenters. The molecule has 1 N–H and O–H groups in total. The van der Waals surface area contributed by atoms with Crippen LogP contribution in [0.1, 0.15) is 44.9 Å². The third-order valence-corrected chi connectivity index (χ3v) is 6.45. The maximum Gasteiger partial charge on any atom is 0.239 e. The Labute approximate surface area is 118 Å². The summed E-state index contributed by atoms with van der Waals surface area (Å²) in [6.45, 7) is 0. The van der Waals surface area contributed by atoms with Gasteiger partial charge in [0.25, 0.3) is 0 Å². The summed E-state index contributed by atoms with van der Waals surface area (Å²) in [5, 5.41) is -0.622. The molecular weight excluding hydrogens is 282 g/mol. The van der Waals surface area contributed by atoms with E-state index in [-0.39, 0.29) is 36.8 Å². The van der Waals surface area contributed by atoms with Crippen LogP contribution in [0, 0.1) is 5.92 Å². The van der Waals surface area contributed by atoms with Crippen LogP contribution in [-0.2, 0) is 24.3 Å². The molecule has 0 aromatic heterocycles. The van der Waals surface area contributed by atoms with Crippen molar-refractivity contribution in [3.05, 3.63) is 0 Å². The van der Waals surface area contributed by atoms with E-state index in [1.807, 2.05) is 0 Å². The Bertz CT molecular complexity index is 519. The summed E-state index contributed by atoms with van der Waals surface area (Å²) in [7, 11) is -3.67. The highest BCUT2D eigenvalue weighted by Crippen LogP contribution is 2.39. The minimum absolute atomic E-state index is 0.101. The fourth-order valence-electron chi connectivity index (χ4n) is 3.44. The fourth-order valence-corrected chi connectivity index (χ4v) is 4.89. The molecule has 7 heteroatoms. The Hall–Kier alpha value is -0.950. The first-order valence-corrected chi connectivity index (χ1v) is 8.73. The Morgan fingerprint density at radius 3 is 2.40 bits per heavy atom. The number of carbonyl (C=O) groups is 2. The number of fused-ring (bicyclic) bond motifs is 2. The van der Waals surface area contributed by atoms with E-state index >= 15 is 0 Å². The maximum absolute atomic E-state index is 12.2. The van der Waals surface area contributed by atoms with Crippen LogP contribution in [0.3, 0.4) is 0 Å². The maximum atomic E-state index is 12.2. The van der Waals surface area contributed by atoms with Crippen molar-refractivity contribution in [3.8, 4) is 0 Å². The zero-order chi connectivity index (χ0) is 14.3. The molecular formula is C13H19NO5S. The monoisotopic (exact) mass is 301 g/mol. The normalized spacial score (nSPS) is 34.4. The summed E-state index contributed by atoms with van der Waals surface area (Å²) in [5.41, 5.74) is 0. The second-order valence-corrected chi connectivity index (χ2v) is 7.93. The highest BCUT2D eigenvalue weighted by Gasteiger charge is 2.45. The largest absolute Gasteiger partial charge is 0.374 e. The van der Waals surface area contributed by atoms with Gasteiger partial charge in [0.05, 0.1) is 23.4 Å². The van der Waals surface area contributed by atoms with E-state index < -0.39 is 21.2 Å². The van der Waals surface area contributed by atoms with E-state index in [9.17, 15) is 18.0 Å². The third kappa shape index (κ3) is 2.61. The molecule has 2 heterocycles.